The maximum Gasteiger partial charge on any atom is 0.252 e. The molecular weight excluding hydrogens is 270 g/mol. The SMILES string of the molecule is CCCNc1ccc(C(=O)NCCCOCCOC)cn1. The number of pyridine rings is 1. The van der Waals surface area contributed by atoms with Gasteiger partial charge in [0.05, 0.1) is 18.8 Å². The van der Waals surface area contributed by atoms with Crippen molar-refractivity contribution in [1.82, 2.24) is 10.3 Å². The summed E-state index contributed by atoms with van der Waals surface area (Å²) in [5.41, 5.74) is 0.567. The van der Waals surface area contributed by atoms with Crippen molar-refractivity contribution in [1.29, 1.82) is 0 Å². The second-order valence-corrected chi connectivity index (χ2v) is 4.57. The molecule has 0 aliphatic heterocycles. The molecule has 0 aliphatic rings. The monoisotopic (exact) mass is 295 g/mol. The predicted octanol–water partition coefficient (Wildman–Crippen LogP) is 1.69. The third-order valence-corrected chi connectivity index (χ3v) is 2.76. The first-order valence-electron chi connectivity index (χ1n) is 7.32. The minimum Gasteiger partial charge on any atom is -0.382 e. The van der Waals surface area contributed by atoms with Crippen LogP contribution in [0.1, 0.15) is 30.1 Å². The lowest BCUT2D eigenvalue weighted by atomic mass is 10.2. The molecule has 6 heteroatoms. The summed E-state index contributed by atoms with van der Waals surface area (Å²) in [6.07, 6.45) is 3.40. The molecule has 1 aromatic heterocycles. The van der Waals surface area contributed by atoms with Gasteiger partial charge >= 0.3 is 0 Å². The fourth-order valence-electron chi connectivity index (χ4n) is 1.61. The minimum absolute atomic E-state index is 0.110. The number of carbonyl (C=O) groups is 1. The zero-order valence-corrected chi connectivity index (χ0v) is 12.9. The van der Waals surface area contributed by atoms with Gasteiger partial charge in [-0.25, -0.2) is 4.98 Å². The van der Waals surface area contributed by atoms with Crippen LogP contribution in [-0.4, -0.2) is 50.9 Å². The summed E-state index contributed by atoms with van der Waals surface area (Å²) in [6.45, 7) is 5.34. The third kappa shape index (κ3) is 7.63. The van der Waals surface area contributed by atoms with Gasteiger partial charge in [0.1, 0.15) is 5.82 Å². The Morgan fingerprint density at radius 1 is 1.24 bits per heavy atom. The van der Waals surface area contributed by atoms with E-state index in [1.165, 1.54) is 0 Å². The highest BCUT2D eigenvalue weighted by molar-refractivity contribution is 5.93. The lowest BCUT2D eigenvalue weighted by Gasteiger charge is -2.07. The molecule has 1 amide bonds. The van der Waals surface area contributed by atoms with Gasteiger partial charge < -0.3 is 20.1 Å². The van der Waals surface area contributed by atoms with Gasteiger partial charge in [-0.3, -0.25) is 4.79 Å². The largest absolute Gasteiger partial charge is 0.382 e. The molecule has 0 saturated heterocycles. The highest BCUT2D eigenvalue weighted by Gasteiger charge is 2.05. The number of rotatable bonds is 11. The van der Waals surface area contributed by atoms with Crippen molar-refractivity contribution in [3.8, 4) is 0 Å². The molecule has 21 heavy (non-hydrogen) atoms. The summed E-state index contributed by atoms with van der Waals surface area (Å²) in [5.74, 6) is 0.682. The van der Waals surface area contributed by atoms with Crippen LogP contribution < -0.4 is 10.6 Å². The van der Waals surface area contributed by atoms with Crippen LogP contribution in [0.3, 0.4) is 0 Å². The van der Waals surface area contributed by atoms with Gasteiger partial charge in [-0.1, -0.05) is 6.92 Å². The maximum atomic E-state index is 11.9. The summed E-state index contributed by atoms with van der Waals surface area (Å²) >= 11 is 0. The smallest absolute Gasteiger partial charge is 0.252 e. The summed E-state index contributed by atoms with van der Waals surface area (Å²) in [5, 5.41) is 6.01. The van der Waals surface area contributed by atoms with Crippen molar-refractivity contribution < 1.29 is 14.3 Å². The molecule has 1 heterocycles. The van der Waals surface area contributed by atoms with E-state index >= 15 is 0 Å². The van der Waals surface area contributed by atoms with Gasteiger partial charge in [0.2, 0.25) is 0 Å². The number of methoxy groups -OCH3 is 1. The molecule has 0 atom stereocenters. The Kier molecular flexibility index (Phi) is 9.15. The first-order valence-corrected chi connectivity index (χ1v) is 7.32. The second kappa shape index (κ2) is 11.0. The molecular formula is C15H25N3O3. The Morgan fingerprint density at radius 3 is 2.76 bits per heavy atom. The highest BCUT2D eigenvalue weighted by Crippen LogP contribution is 2.05. The number of ether oxygens (including phenoxy) is 2. The summed E-state index contributed by atoms with van der Waals surface area (Å²) in [6, 6.07) is 3.59. The summed E-state index contributed by atoms with van der Waals surface area (Å²) in [4.78, 5) is 16.1. The highest BCUT2D eigenvalue weighted by atomic mass is 16.5. The van der Waals surface area contributed by atoms with Gasteiger partial charge in [0.25, 0.3) is 5.91 Å². The number of nitrogens with one attached hydrogen (secondary N) is 2. The van der Waals surface area contributed by atoms with Crippen LogP contribution in [0.2, 0.25) is 0 Å². The van der Waals surface area contributed by atoms with Crippen LogP contribution in [0.15, 0.2) is 18.3 Å². The number of hydrogen-bond donors (Lipinski definition) is 2. The van der Waals surface area contributed by atoms with Crippen LogP contribution in [-0.2, 0) is 9.47 Å². The number of aromatic nitrogens is 1. The molecule has 0 radical (unpaired) electrons. The molecule has 0 aromatic carbocycles. The first-order chi connectivity index (χ1) is 10.3. The summed E-state index contributed by atoms with van der Waals surface area (Å²) in [7, 11) is 1.64. The van der Waals surface area contributed by atoms with Crippen molar-refractivity contribution in [3.63, 3.8) is 0 Å². The van der Waals surface area contributed by atoms with E-state index in [9.17, 15) is 4.79 Å². The zero-order chi connectivity index (χ0) is 15.3. The van der Waals surface area contributed by atoms with Gasteiger partial charge in [0.15, 0.2) is 0 Å². The van der Waals surface area contributed by atoms with E-state index in [1.807, 2.05) is 6.07 Å². The molecule has 0 bridgehead atoms. The quantitative estimate of drug-likeness (QED) is 0.608. The Hall–Kier alpha value is -1.66. The first kappa shape index (κ1) is 17.4. The lowest BCUT2D eigenvalue weighted by molar-refractivity contribution is 0.0688. The van der Waals surface area contributed by atoms with Crippen LogP contribution in [0.4, 0.5) is 5.82 Å². The topological polar surface area (TPSA) is 72.5 Å². The van der Waals surface area contributed by atoms with E-state index < -0.39 is 0 Å². The average molecular weight is 295 g/mol. The van der Waals surface area contributed by atoms with Gasteiger partial charge in [-0.2, -0.15) is 0 Å². The molecule has 1 rings (SSSR count). The number of amides is 1. The number of nitrogens with zero attached hydrogens (tertiary/aromatic N) is 1. The fourth-order valence-corrected chi connectivity index (χ4v) is 1.61. The van der Waals surface area contributed by atoms with Crippen molar-refractivity contribution in [2.45, 2.75) is 19.8 Å². The Labute approximate surface area is 126 Å². The Balaban J connectivity index is 2.19. The van der Waals surface area contributed by atoms with E-state index in [2.05, 4.69) is 22.5 Å². The molecule has 6 nitrogen and oxygen atoms in total. The van der Waals surface area contributed by atoms with Crippen molar-refractivity contribution >= 4 is 11.7 Å². The van der Waals surface area contributed by atoms with Crippen molar-refractivity contribution in [2.75, 3.05) is 45.3 Å². The van der Waals surface area contributed by atoms with Crippen LogP contribution in [0.5, 0.6) is 0 Å². The van der Waals surface area contributed by atoms with Crippen molar-refractivity contribution in [3.05, 3.63) is 23.9 Å². The third-order valence-electron chi connectivity index (χ3n) is 2.76. The van der Waals surface area contributed by atoms with E-state index in [4.69, 9.17) is 9.47 Å². The second-order valence-electron chi connectivity index (χ2n) is 4.57. The predicted molar refractivity (Wildman–Crippen MR) is 82.7 cm³/mol. The molecule has 0 spiro atoms. The van der Waals surface area contributed by atoms with E-state index in [0.29, 0.717) is 31.9 Å². The molecule has 0 unspecified atom stereocenters. The number of anilines is 1. The lowest BCUT2D eigenvalue weighted by Crippen LogP contribution is -2.25. The van der Waals surface area contributed by atoms with E-state index in [-0.39, 0.29) is 5.91 Å². The molecule has 0 saturated carbocycles. The van der Waals surface area contributed by atoms with Crippen molar-refractivity contribution in [2.24, 2.45) is 0 Å². The van der Waals surface area contributed by atoms with Gasteiger partial charge in [-0.05, 0) is 25.0 Å². The normalized spacial score (nSPS) is 10.4. The molecule has 0 aliphatic carbocycles. The zero-order valence-electron chi connectivity index (χ0n) is 12.9. The summed E-state index contributed by atoms with van der Waals surface area (Å²) < 4.78 is 10.2. The Bertz CT molecular complexity index is 396. The van der Waals surface area contributed by atoms with E-state index in [0.717, 1.165) is 25.2 Å². The average Bonchev–Trinajstić information content (AvgIpc) is 2.52. The minimum atomic E-state index is -0.110. The number of hydrogen-bond acceptors (Lipinski definition) is 5. The number of carbonyl (C=O) groups excluding carboxylic acids is 1. The molecule has 0 fully saturated rings. The van der Waals surface area contributed by atoms with Crippen LogP contribution in [0.25, 0.3) is 0 Å². The fraction of sp³-hybridized carbons (Fsp3) is 0.600. The van der Waals surface area contributed by atoms with E-state index in [1.54, 1.807) is 19.4 Å². The molecule has 1 aromatic rings. The molecule has 2 N–H and O–H groups in total. The standard InChI is InChI=1S/C15H25N3O3/c1-3-7-16-14-6-5-13(12-18-14)15(19)17-8-4-9-21-11-10-20-2/h5-6,12H,3-4,7-11H2,1-2H3,(H,16,18)(H,17,19). The van der Waals surface area contributed by atoms with Gasteiger partial charge in [-0.15, -0.1) is 0 Å². The maximum absolute atomic E-state index is 11.9. The van der Waals surface area contributed by atoms with Crippen LogP contribution >= 0.6 is 0 Å². The van der Waals surface area contributed by atoms with Gasteiger partial charge in [0, 0.05) is 33.0 Å². The Morgan fingerprint density at radius 2 is 2.10 bits per heavy atom. The molecule has 118 valence electrons. The van der Waals surface area contributed by atoms with Crippen LogP contribution in [0, 0.1) is 0 Å².